The van der Waals surface area contributed by atoms with Crippen LogP contribution in [0.5, 0.6) is 5.75 Å². The minimum Gasteiger partial charge on any atom is -0.493 e. The Balaban J connectivity index is 1.95. The van der Waals surface area contributed by atoms with Crippen molar-refractivity contribution in [1.29, 1.82) is 0 Å². The molecule has 3 heteroatoms. The maximum Gasteiger partial charge on any atom is 0.168 e. The Kier molecular flexibility index (Phi) is 3.09. The second-order valence-electron chi connectivity index (χ2n) is 4.28. The average Bonchev–Trinajstić information content (AvgIpc) is 3.02. The Labute approximate surface area is 90.9 Å². The number of hydrogen-bond acceptors (Lipinski definition) is 3. The van der Waals surface area contributed by atoms with Gasteiger partial charge in [-0.1, -0.05) is 12.8 Å². The number of nitrogens with zero attached hydrogens (tertiary/aromatic N) is 1. The van der Waals surface area contributed by atoms with Crippen LogP contribution < -0.4 is 10.1 Å². The first kappa shape index (κ1) is 10.3. The molecule has 2 rings (SSSR count). The largest absolute Gasteiger partial charge is 0.493 e. The Morgan fingerprint density at radius 1 is 1.60 bits per heavy atom. The molecule has 1 unspecified atom stereocenters. The third kappa shape index (κ3) is 2.85. The standard InChI is InChI=1S/C12H18N2O/c1-9(8-10-5-6-10)14-12-11(15-2)4-3-7-13-12/h3-4,7,9-10H,5-6,8H2,1-2H3,(H,13,14). The number of nitrogens with one attached hydrogen (secondary N) is 1. The van der Waals surface area contributed by atoms with Crippen LogP contribution in [-0.2, 0) is 0 Å². The molecule has 0 aromatic carbocycles. The van der Waals surface area contributed by atoms with Gasteiger partial charge >= 0.3 is 0 Å². The lowest BCUT2D eigenvalue weighted by Gasteiger charge is -2.15. The zero-order valence-corrected chi connectivity index (χ0v) is 9.36. The summed E-state index contributed by atoms with van der Waals surface area (Å²) in [4.78, 5) is 4.28. The second kappa shape index (κ2) is 4.51. The molecule has 1 aliphatic rings. The van der Waals surface area contributed by atoms with Gasteiger partial charge in [-0.25, -0.2) is 4.98 Å². The van der Waals surface area contributed by atoms with Crippen LogP contribution in [0.15, 0.2) is 18.3 Å². The summed E-state index contributed by atoms with van der Waals surface area (Å²) < 4.78 is 5.24. The Bertz CT molecular complexity index is 323. The van der Waals surface area contributed by atoms with Crippen LogP contribution in [0.3, 0.4) is 0 Å². The van der Waals surface area contributed by atoms with Gasteiger partial charge < -0.3 is 10.1 Å². The first-order valence-electron chi connectivity index (χ1n) is 5.55. The highest BCUT2D eigenvalue weighted by molar-refractivity contribution is 5.49. The van der Waals surface area contributed by atoms with Gasteiger partial charge in [0.2, 0.25) is 0 Å². The van der Waals surface area contributed by atoms with Crippen LogP contribution in [0, 0.1) is 5.92 Å². The van der Waals surface area contributed by atoms with Gasteiger partial charge in [-0.3, -0.25) is 0 Å². The molecule has 0 saturated heterocycles. The van der Waals surface area contributed by atoms with E-state index in [0.29, 0.717) is 6.04 Å². The molecular formula is C12H18N2O. The van der Waals surface area contributed by atoms with Gasteiger partial charge in [-0.2, -0.15) is 0 Å². The molecule has 1 fully saturated rings. The van der Waals surface area contributed by atoms with Crippen LogP contribution in [0.25, 0.3) is 0 Å². The van der Waals surface area contributed by atoms with E-state index < -0.39 is 0 Å². The van der Waals surface area contributed by atoms with Gasteiger partial charge in [0, 0.05) is 12.2 Å². The lowest BCUT2D eigenvalue weighted by Crippen LogP contribution is -2.17. The van der Waals surface area contributed by atoms with Crippen molar-refractivity contribution < 1.29 is 4.74 Å². The highest BCUT2D eigenvalue weighted by Crippen LogP contribution is 2.34. The molecule has 0 radical (unpaired) electrons. The van der Waals surface area contributed by atoms with Gasteiger partial charge in [0.25, 0.3) is 0 Å². The predicted molar refractivity (Wildman–Crippen MR) is 61.2 cm³/mol. The minimum atomic E-state index is 0.473. The van der Waals surface area contributed by atoms with E-state index in [1.807, 2.05) is 12.1 Å². The summed E-state index contributed by atoms with van der Waals surface area (Å²) in [5.74, 6) is 2.61. The lowest BCUT2D eigenvalue weighted by atomic mass is 10.1. The number of rotatable bonds is 5. The van der Waals surface area contributed by atoms with Crippen LogP contribution >= 0.6 is 0 Å². The number of aromatic nitrogens is 1. The first-order chi connectivity index (χ1) is 7.29. The fraction of sp³-hybridized carbons (Fsp3) is 0.583. The SMILES string of the molecule is COc1cccnc1NC(C)CC1CC1. The fourth-order valence-electron chi connectivity index (χ4n) is 1.81. The van der Waals surface area contributed by atoms with Crippen LogP contribution in [0.4, 0.5) is 5.82 Å². The van der Waals surface area contributed by atoms with Crippen LogP contribution in [0.1, 0.15) is 26.2 Å². The highest BCUT2D eigenvalue weighted by Gasteiger charge is 2.23. The monoisotopic (exact) mass is 206 g/mol. The van der Waals surface area contributed by atoms with Crippen molar-refractivity contribution in [2.75, 3.05) is 12.4 Å². The molecule has 3 nitrogen and oxygen atoms in total. The summed E-state index contributed by atoms with van der Waals surface area (Å²) in [7, 11) is 1.67. The number of methoxy groups -OCH3 is 1. The van der Waals surface area contributed by atoms with E-state index >= 15 is 0 Å². The van der Waals surface area contributed by atoms with E-state index in [9.17, 15) is 0 Å². The predicted octanol–water partition coefficient (Wildman–Crippen LogP) is 2.69. The van der Waals surface area contributed by atoms with E-state index in [-0.39, 0.29) is 0 Å². The normalized spacial score (nSPS) is 17.2. The van der Waals surface area contributed by atoms with Gasteiger partial charge in [-0.15, -0.1) is 0 Å². The topological polar surface area (TPSA) is 34.1 Å². The van der Waals surface area contributed by atoms with E-state index in [4.69, 9.17) is 4.74 Å². The summed E-state index contributed by atoms with van der Waals surface area (Å²) in [6.07, 6.45) is 5.81. The molecule has 1 saturated carbocycles. The lowest BCUT2D eigenvalue weighted by molar-refractivity contribution is 0.414. The number of ether oxygens (including phenoxy) is 1. The third-order valence-corrected chi connectivity index (χ3v) is 2.76. The van der Waals surface area contributed by atoms with E-state index in [2.05, 4.69) is 17.2 Å². The first-order valence-corrected chi connectivity index (χ1v) is 5.55. The summed E-state index contributed by atoms with van der Waals surface area (Å²) >= 11 is 0. The van der Waals surface area contributed by atoms with Crippen molar-refractivity contribution in [3.63, 3.8) is 0 Å². The molecule has 1 aliphatic carbocycles. The molecule has 0 amide bonds. The molecule has 0 bridgehead atoms. The van der Waals surface area contributed by atoms with Crippen molar-refractivity contribution in [3.8, 4) is 5.75 Å². The van der Waals surface area contributed by atoms with Gasteiger partial charge in [-0.05, 0) is 31.4 Å². The van der Waals surface area contributed by atoms with E-state index in [1.54, 1.807) is 13.3 Å². The molecular weight excluding hydrogens is 188 g/mol. The smallest absolute Gasteiger partial charge is 0.168 e. The summed E-state index contributed by atoms with van der Waals surface area (Å²) in [5.41, 5.74) is 0. The molecule has 1 aromatic rings. The molecule has 1 aromatic heterocycles. The summed E-state index contributed by atoms with van der Waals surface area (Å²) in [5, 5.41) is 3.40. The van der Waals surface area contributed by atoms with Crippen molar-refractivity contribution >= 4 is 5.82 Å². The van der Waals surface area contributed by atoms with Crippen molar-refractivity contribution in [3.05, 3.63) is 18.3 Å². The number of anilines is 1. The Morgan fingerprint density at radius 3 is 3.07 bits per heavy atom. The molecule has 82 valence electrons. The minimum absolute atomic E-state index is 0.473. The average molecular weight is 206 g/mol. The van der Waals surface area contributed by atoms with Gasteiger partial charge in [0.15, 0.2) is 11.6 Å². The third-order valence-electron chi connectivity index (χ3n) is 2.76. The number of pyridine rings is 1. The van der Waals surface area contributed by atoms with E-state index in [0.717, 1.165) is 17.5 Å². The Morgan fingerprint density at radius 2 is 2.40 bits per heavy atom. The summed E-state index contributed by atoms with van der Waals surface area (Å²) in [6, 6.07) is 4.29. The number of hydrogen-bond donors (Lipinski definition) is 1. The maximum atomic E-state index is 5.24. The quantitative estimate of drug-likeness (QED) is 0.804. The van der Waals surface area contributed by atoms with Gasteiger partial charge in [0.05, 0.1) is 7.11 Å². The summed E-state index contributed by atoms with van der Waals surface area (Å²) in [6.45, 7) is 2.20. The van der Waals surface area contributed by atoms with Crippen LogP contribution in [-0.4, -0.2) is 18.1 Å². The fourth-order valence-corrected chi connectivity index (χ4v) is 1.81. The van der Waals surface area contributed by atoms with Crippen molar-refractivity contribution in [1.82, 2.24) is 4.98 Å². The molecule has 1 heterocycles. The highest BCUT2D eigenvalue weighted by atomic mass is 16.5. The molecule has 1 atom stereocenters. The van der Waals surface area contributed by atoms with E-state index in [1.165, 1.54) is 19.3 Å². The Hall–Kier alpha value is -1.25. The zero-order chi connectivity index (χ0) is 10.7. The maximum absolute atomic E-state index is 5.24. The molecule has 0 spiro atoms. The van der Waals surface area contributed by atoms with Crippen molar-refractivity contribution in [2.24, 2.45) is 5.92 Å². The second-order valence-corrected chi connectivity index (χ2v) is 4.28. The van der Waals surface area contributed by atoms with Crippen LogP contribution in [0.2, 0.25) is 0 Å². The van der Waals surface area contributed by atoms with Crippen molar-refractivity contribution in [2.45, 2.75) is 32.2 Å². The van der Waals surface area contributed by atoms with Gasteiger partial charge in [0.1, 0.15) is 0 Å². The molecule has 0 aliphatic heterocycles. The zero-order valence-electron chi connectivity index (χ0n) is 9.36. The molecule has 1 N–H and O–H groups in total. The molecule has 15 heavy (non-hydrogen) atoms.